The molecule has 1 heterocycles. The van der Waals surface area contributed by atoms with E-state index in [1.807, 2.05) is 0 Å². The lowest BCUT2D eigenvalue weighted by Crippen LogP contribution is -2.21. The van der Waals surface area contributed by atoms with Crippen molar-refractivity contribution in [2.45, 2.75) is 19.3 Å². The second-order valence-electron chi connectivity index (χ2n) is 4.35. The summed E-state index contributed by atoms with van der Waals surface area (Å²) in [7, 11) is 0. The molecule has 0 radical (unpaired) electrons. The molecule has 1 aromatic rings. The lowest BCUT2D eigenvalue weighted by atomic mass is 9.97. The Morgan fingerprint density at radius 1 is 1.47 bits per heavy atom. The van der Waals surface area contributed by atoms with Crippen molar-refractivity contribution in [1.29, 1.82) is 0 Å². The van der Waals surface area contributed by atoms with Crippen LogP contribution >= 0.6 is 11.6 Å². The summed E-state index contributed by atoms with van der Waals surface area (Å²) in [5.41, 5.74) is 0. The zero-order valence-electron chi connectivity index (χ0n) is 9.37. The Labute approximate surface area is 104 Å². The zero-order valence-corrected chi connectivity index (χ0v) is 10.1. The average Bonchev–Trinajstić information content (AvgIpc) is 2.77. The summed E-state index contributed by atoms with van der Waals surface area (Å²) >= 11 is 5.60. The lowest BCUT2D eigenvalue weighted by molar-refractivity contribution is 0.199. The van der Waals surface area contributed by atoms with E-state index in [0.717, 1.165) is 25.5 Å². The molecule has 0 spiro atoms. The van der Waals surface area contributed by atoms with Gasteiger partial charge in [0.2, 0.25) is 5.28 Å². The number of nitrogens with one attached hydrogen (secondary N) is 1. The van der Waals surface area contributed by atoms with Crippen LogP contribution in [0.3, 0.4) is 0 Å². The van der Waals surface area contributed by atoms with Crippen LogP contribution in [0, 0.1) is 17.7 Å². The monoisotopic (exact) mass is 259 g/mol. The van der Waals surface area contributed by atoms with Crippen LogP contribution in [0.25, 0.3) is 0 Å². The fraction of sp³-hybridized carbons (Fsp3) is 0.636. The quantitative estimate of drug-likeness (QED) is 0.813. The Morgan fingerprint density at radius 2 is 2.24 bits per heavy atom. The van der Waals surface area contributed by atoms with Gasteiger partial charge in [-0.3, -0.25) is 0 Å². The van der Waals surface area contributed by atoms with E-state index in [1.165, 1.54) is 0 Å². The number of rotatable bonds is 4. The molecule has 0 aromatic carbocycles. The molecule has 1 aliphatic carbocycles. The fourth-order valence-electron chi connectivity index (χ4n) is 2.32. The summed E-state index contributed by atoms with van der Waals surface area (Å²) in [6.07, 6.45) is 4.26. The number of aromatic nitrogens is 2. The number of anilines is 1. The van der Waals surface area contributed by atoms with Crippen molar-refractivity contribution >= 4 is 17.4 Å². The molecule has 4 nitrogen and oxygen atoms in total. The Balaban J connectivity index is 1.95. The first-order valence-corrected chi connectivity index (χ1v) is 6.11. The van der Waals surface area contributed by atoms with Crippen molar-refractivity contribution in [3.8, 4) is 0 Å². The molecular formula is C11H15ClFN3O. The van der Waals surface area contributed by atoms with Gasteiger partial charge in [0, 0.05) is 13.2 Å². The normalized spacial score (nSPS) is 23.9. The number of hydrogen-bond acceptors (Lipinski definition) is 4. The largest absolute Gasteiger partial charge is 0.396 e. The minimum absolute atomic E-state index is 0.0269. The second kappa shape index (κ2) is 5.60. The van der Waals surface area contributed by atoms with E-state index >= 15 is 0 Å². The minimum atomic E-state index is -0.507. The maximum absolute atomic E-state index is 13.3. The second-order valence-corrected chi connectivity index (χ2v) is 4.69. The van der Waals surface area contributed by atoms with Gasteiger partial charge >= 0.3 is 0 Å². The van der Waals surface area contributed by atoms with E-state index in [1.54, 1.807) is 0 Å². The highest BCUT2D eigenvalue weighted by molar-refractivity contribution is 6.28. The van der Waals surface area contributed by atoms with Gasteiger partial charge in [0.05, 0.1) is 6.20 Å². The molecular weight excluding hydrogens is 245 g/mol. The van der Waals surface area contributed by atoms with Gasteiger partial charge in [0.15, 0.2) is 11.6 Å². The summed E-state index contributed by atoms with van der Waals surface area (Å²) in [5, 5.41) is 12.1. The fourth-order valence-corrected chi connectivity index (χ4v) is 2.45. The van der Waals surface area contributed by atoms with E-state index in [9.17, 15) is 9.50 Å². The highest BCUT2D eigenvalue weighted by Gasteiger charge is 2.26. The molecule has 1 aliphatic rings. The Kier molecular flexibility index (Phi) is 4.12. The van der Waals surface area contributed by atoms with Gasteiger partial charge in [-0.15, -0.1) is 0 Å². The Hall–Kier alpha value is -0.940. The molecule has 2 N–H and O–H groups in total. The third-order valence-electron chi connectivity index (χ3n) is 3.30. The third kappa shape index (κ3) is 3.04. The molecule has 94 valence electrons. The SMILES string of the molecule is OCC1CCCC1CNc1nc(Cl)ncc1F. The molecule has 0 bridgehead atoms. The van der Waals surface area contributed by atoms with Crippen molar-refractivity contribution in [1.82, 2.24) is 9.97 Å². The summed E-state index contributed by atoms with van der Waals surface area (Å²) in [6.45, 7) is 0.800. The Morgan fingerprint density at radius 3 is 3.00 bits per heavy atom. The molecule has 1 aromatic heterocycles. The lowest BCUT2D eigenvalue weighted by Gasteiger charge is -2.18. The summed E-state index contributed by atoms with van der Waals surface area (Å²) in [4.78, 5) is 7.34. The van der Waals surface area contributed by atoms with Gasteiger partial charge in [-0.05, 0) is 36.3 Å². The van der Waals surface area contributed by atoms with E-state index < -0.39 is 5.82 Å². The predicted octanol–water partition coefficient (Wildman–Crippen LogP) is 2.09. The van der Waals surface area contributed by atoms with E-state index in [4.69, 9.17) is 11.6 Å². The van der Waals surface area contributed by atoms with E-state index in [2.05, 4.69) is 15.3 Å². The summed E-state index contributed by atoms with van der Waals surface area (Å²) < 4.78 is 13.3. The molecule has 2 rings (SSSR count). The van der Waals surface area contributed by atoms with Crippen LogP contribution < -0.4 is 5.32 Å². The van der Waals surface area contributed by atoms with E-state index in [0.29, 0.717) is 18.4 Å². The van der Waals surface area contributed by atoms with Gasteiger partial charge in [0.25, 0.3) is 0 Å². The maximum Gasteiger partial charge on any atom is 0.224 e. The van der Waals surface area contributed by atoms with Crippen molar-refractivity contribution in [3.05, 3.63) is 17.3 Å². The molecule has 17 heavy (non-hydrogen) atoms. The number of nitrogens with zero attached hydrogens (tertiary/aromatic N) is 2. The van der Waals surface area contributed by atoms with Crippen molar-refractivity contribution in [2.75, 3.05) is 18.5 Å². The predicted molar refractivity (Wildman–Crippen MR) is 63.4 cm³/mol. The molecule has 2 unspecified atom stereocenters. The van der Waals surface area contributed by atoms with Gasteiger partial charge in [-0.1, -0.05) is 6.42 Å². The summed E-state index contributed by atoms with van der Waals surface area (Å²) in [6, 6.07) is 0. The van der Waals surface area contributed by atoms with Crippen LogP contribution in [0.15, 0.2) is 6.20 Å². The van der Waals surface area contributed by atoms with E-state index in [-0.39, 0.29) is 17.7 Å². The number of hydrogen-bond donors (Lipinski definition) is 2. The molecule has 2 atom stereocenters. The van der Waals surface area contributed by atoms with Gasteiger partial charge in [-0.2, -0.15) is 4.98 Å². The first kappa shape index (κ1) is 12.5. The van der Waals surface area contributed by atoms with Gasteiger partial charge in [-0.25, -0.2) is 9.37 Å². The molecule has 6 heteroatoms. The molecule has 1 fully saturated rings. The average molecular weight is 260 g/mol. The molecule has 0 saturated heterocycles. The minimum Gasteiger partial charge on any atom is -0.396 e. The van der Waals surface area contributed by atoms with Crippen molar-refractivity contribution in [2.24, 2.45) is 11.8 Å². The third-order valence-corrected chi connectivity index (χ3v) is 3.48. The van der Waals surface area contributed by atoms with Crippen LogP contribution in [-0.4, -0.2) is 28.2 Å². The van der Waals surface area contributed by atoms with Crippen LogP contribution in [-0.2, 0) is 0 Å². The van der Waals surface area contributed by atoms with Crippen LogP contribution in [0.1, 0.15) is 19.3 Å². The van der Waals surface area contributed by atoms with Crippen LogP contribution in [0.4, 0.5) is 10.2 Å². The smallest absolute Gasteiger partial charge is 0.224 e. The maximum atomic E-state index is 13.3. The number of halogens is 2. The Bertz CT molecular complexity index is 391. The van der Waals surface area contributed by atoms with Gasteiger partial charge < -0.3 is 10.4 Å². The topological polar surface area (TPSA) is 58.0 Å². The molecule has 0 aliphatic heterocycles. The summed E-state index contributed by atoms with van der Waals surface area (Å²) in [5.74, 6) is 0.303. The van der Waals surface area contributed by atoms with Crippen molar-refractivity contribution < 1.29 is 9.50 Å². The van der Waals surface area contributed by atoms with Crippen LogP contribution in [0.2, 0.25) is 5.28 Å². The first-order valence-electron chi connectivity index (χ1n) is 5.73. The number of aliphatic hydroxyl groups excluding tert-OH is 1. The molecule has 0 amide bonds. The number of aliphatic hydroxyl groups is 1. The van der Waals surface area contributed by atoms with Crippen LogP contribution in [0.5, 0.6) is 0 Å². The first-order chi connectivity index (χ1) is 8.20. The standard InChI is InChI=1S/C11H15ClFN3O/c12-11-15-5-9(13)10(16-11)14-4-7-2-1-3-8(7)6-17/h5,7-8,17H,1-4,6H2,(H,14,15,16). The molecule has 1 saturated carbocycles. The van der Waals surface area contributed by atoms with Gasteiger partial charge in [0.1, 0.15) is 0 Å². The highest BCUT2D eigenvalue weighted by atomic mass is 35.5. The highest BCUT2D eigenvalue weighted by Crippen LogP contribution is 2.31. The van der Waals surface area contributed by atoms with Crippen molar-refractivity contribution in [3.63, 3.8) is 0 Å². The zero-order chi connectivity index (χ0) is 12.3.